The lowest BCUT2D eigenvalue weighted by molar-refractivity contribution is -0.133. The van der Waals surface area contributed by atoms with E-state index in [4.69, 9.17) is 4.74 Å². The molecule has 1 unspecified atom stereocenters. The third-order valence-corrected chi connectivity index (χ3v) is 5.29. The van der Waals surface area contributed by atoms with Crippen molar-refractivity contribution in [3.8, 4) is 6.07 Å². The summed E-state index contributed by atoms with van der Waals surface area (Å²) in [5.41, 5.74) is 0.815. The molecule has 1 fully saturated rings. The molecule has 0 bridgehead atoms. The molecule has 1 atom stereocenters. The number of benzene rings is 1. The zero-order valence-electron chi connectivity index (χ0n) is 19.5. The third kappa shape index (κ3) is 6.94. The maximum absolute atomic E-state index is 13.5. The van der Waals surface area contributed by atoms with E-state index < -0.39 is 17.7 Å². The van der Waals surface area contributed by atoms with Crippen LogP contribution in [0.15, 0.2) is 48.7 Å². The van der Waals surface area contributed by atoms with Crippen LogP contribution in [0.2, 0.25) is 0 Å². The second-order valence-corrected chi connectivity index (χ2v) is 9.04. The number of nitriles is 1. The van der Waals surface area contributed by atoms with E-state index in [0.29, 0.717) is 44.0 Å². The van der Waals surface area contributed by atoms with Crippen molar-refractivity contribution in [1.82, 2.24) is 15.2 Å². The average Bonchev–Trinajstić information content (AvgIpc) is 3.04. The Hall–Kier alpha value is -3.60. The molecule has 8 heteroatoms. The van der Waals surface area contributed by atoms with E-state index in [-0.39, 0.29) is 5.91 Å². The molecule has 1 N–H and O–H groups in total. The molecule has 8 nitrogen and oxygen atoms in total. The maximum atomic E-state index is 13.5. The van der Waals surface area contributed by atoms with Gasteiger partial charge in [-0.25, -0.2) is 9.78 Å². The van der Waals surface area contributed by atoms with Crippen LogP contribution in [0.25, 0.3) is 0 Å². The highest BCUT2D eigenvalue weighted by Gasteiger charge is 2.30. The first-order valence-corrected chi connectivity index (χ1v) is 11.2. The summed E-state index contributed by atoms with van der Waals surface area (Å²) in [4.78, 5) is 34.2. The van der Waals surface area contributed by atoms with Gasteiger partial charge in [0.1, 0.15) is 23.5 Å². The minimum absolute atomic E-state index is 0.145. The van der Waals surface area contributed by atoms with Crippen LogP contribution in [0.1, 0.15) is 38.3 Å². The number of carbonyl (C=O) groups is 2. The molecule has 0 aliphatic carbocycles. The lowest BCUT2D eigenvalue weighted by Crippen LogP contribution is -2.51. The van der Waals surface area contributed by atoms with E-state index in [1.807, 2.05) is 35.2 Å². The first kappa shape index (κ1) is 24.1. The topological polar surface area (TPSA) is 98.6 Å². The van der Waals surface area contributed by atoms with Crippen molar-refractivity contribution in [1.29, 1.82) is 5.26 Å². The normalized spacial score (nSPS) is 15.2. The van der Waals surface area contributed by atoms with E-state index in [0.717, 1.165) is 12.0 Å². The predicted octanol–water partition coefficient (Wildman–Crippen LogP) is 3.13. The fourth-order valence-electron chi connectivity index (χ4n) is 3.81. The number of rotatable bonds is 5. The highest BCUT2D eigenvalue weighted by Crippen LogP contribution is 2.19. The molecule has 1 aliphatic heterocycles. The SMILES string of the molecule is CC(C)(C)OC(=O)NC(Cc1ccccc1)C(=O)N1CCCN(c2ncccc2C#N)CC1. The summed E-state index contributed by atoms with van der Waals surface area (Å²) in [7, 11) is 0. The predicted molar refractivity (Wildman–Crippen MR) is 126 cm³/mol. The van der Waals surface area contributed by atoms with Gasteiger partial charge in [0.2, 0.25) is 5.91 Å². The van der Waals surface area contributed by atoms with Gasteiger partial charge in [0.15, 0.2) is 0 Å². The van der Waals surface area contributed by atoms with E-state index in [2.05, 4.69) is 16.4 Å². The number of nitrogens with zero attached hydrogens (tertiary/aromatic N) is 4. The first-order valence-electron chi connectivity index (χ1n) is 11.2. The van der Waals surface area contributed by atoms with E-state index in [1.165, 1.54) is 0 Å². The maximum Gasteiger partial charge on any atom is 0.408 e. The van der Waals surface area contributed by atoms with Gasteiger partial charge in [0, 0.05) is 38.8 Å². The van der Waals surface area contributed by atoms with Crippen molar-refractivity contribution in [3.63, 3.8) is 0 Å². The van der Waals surface area contributed by atoms with Gasteiger partial charge in [0.05, 0.1) is 5.56 Å². The first-order chi connectivity index (χ1) is 15.8. The lowest BCUT2D eigenvalue weighted by Gasteiger charge is -2.28. The fraction of sp³-hybridized carbons (Fsp3) is 0.440. The molecule has 0 spiro atoms. The Morgan fingerprint density at radius 2 is 1.88 bits per heavy atom. The van der Waals surface area contributed by atoms with Crippen molar-refractivity contribution in [2.24, 2.45) is 0 Å². The summed E-state index contributed by atoms with van der Waals surface area (Å²) in [6.07, 6.45) is 2.17. The molecule has 33 heavy (non-hydrogen) atoms. The fourth-order valence-corrected chi connectivity index (χ4v) is 3.81. The van der Waals surface area contributed by atoms with Crippen LogP contribution in [-0.2, 0) is 16.0 Å². The summed E-state index contributed by atoms with van der Waals surface area (Å²) in [6.45, 7) is 7.65. The number of alkyl carbamates (subject to hydrolysis) is 1. The summed E-state index contributed by atoms with van der Waals surface area (Å²) < 4.78 is 5.40. The molecule has 2 aromatic rings. The van der Waals surface area contributed by atoms with Crippen LogP contribution in [0.4, 0.5) is 10.6 Å². The molecule has 2 amide bonds. The lowest BCUT2D eigenvalue weighted by atomic mass is 10.0. The highest BCUT2D eigenvalue weighted by molar-refractivity contribution is 5.86. The van der Waals surface area contributed by atoms with Crippen molar-refractivity contribution in [2.45, 2.75) is 45.3 Å². The number of hydrogen-bond acceptors (Lipinski definition) is 6. The second-order valence-electron chi connectivity index (χ2n) is 9.04. The molecule has 1 aromatic carbocycles. The number of amides is 2. The molecule has 1 saturated heterocycles. The molecule has 0 saturated carbocycles. The van der Waals surface area contributed by atoms with Crippen LogP contribution < -0.4 is 10.2 Å². The molecule has 1 aromatic heterocycles. The van der Waals surface area contributed by atoms with Gasteiger partial charge in [0.25, 0.3) is 0 Å². The minimum Gasteiger partial charge on any atom is -0.444 e. The molecule has 0 radical (unpaired) electrons. The number of pyridine rings is 1. The molecule has 174 valence electrons. The molecule has 1 aliphatic rings. The molecular weight excluding hydrogens is 418 g/mol. The van der Waals surface area contributed by atoms with E-state index in [1.54, 1.807) is 44.0 Å². The number of hydrogen-bond donors (Lipinski definition) is 1. The smallest absolute Gasteiger partial charge is 0.408 e. The zero-order chi connectivity index (χ0) is 23.8. The van der Waals surface area contributed by atoms with Gasteiger partial charge in [-0.1, -0.05) is 30.3 Å². The van der Waals surface area contributed by atoms with E-state index >= 15 is 0 Å². The van der Waals surface area contributed by atoms with E-state index in [9.17, 15) is 14.9 Å². The Labute approximate surface area is 195 Å². The Morgan fingerprint density at radius 3 is 2.58 bits per heavy atom. The van der Waals surface area contributed by atoms with Crippen LogP contribution in [-0.4, -0.2) is 59.7 Å². The van der Waals surface area contributed by atoms with Gasteiger partial charge in [-0.2, -0.15) is 5.26 Å². The largest absolute Gasteiger partial charge is 0.444 e. The number of nitrogens with one attached hydrogen (secondary N) is 1. The minimum atomic E-state index is -0.738. The Bertz CT molecular complexity index is 997. The Kier molecular flexibility index (Phi) is 7.88. The second kappa shape index (κ2) is 10.8. The average molecular weight is 450 g/mol. The summed E-state index contributed by atoms with van der Waals surface area (Å²) in [5, 5.41) is 12.2. The van der Waals surface area contributed by atoms with Crippen LogP contribution >= 0.6 is 0 Å². The third-order valence-electron chi connectivity index (χ3n) is 5.29. The number of ether oxygens (including phenoxy) is 1. The van der Waals surface area contributed by atoms with Gasteiger partial charge >= 0.3 is 6.09 Å². The number of aromatic nitrogens is 1. The molecule has 2 heterocycles. The highest BCUT2D eigenvalue weighted by atomic mass is 16.6. The summed E-state index contributed by atoms with van der Waals surface area (Å²) >= 11 is 0. The van der Waals surface area contributed by atoms with Crippen molar-refractivity contribution < 1.29 is 14.3 Å². The monoisotopic (exact) mass is 449 g/mol. The van der Waals surface area contributed by atoms with Gasteiger partial charge < -0.3 is 19.9 Å². The number of carbonyl (C=O) groups excluding carboxylic acids is 2. The van der Waals surface area contributed by atoms with Gasteiger partial charge in [-0.3, -0.25) is 4.79 Å². The quantitative estimate of drug-likeness (QED) is 0.753. The van der Waals surface area contributed by atoms with Crippen molar-refractivity contribution >= 4 is 17.8 Å². The van der Waals surface area contributed by atoms with Crippen molar-refractivity contribution in [2.75, 3.05) is 31.1 Å². The standard InChI is InChI=1S/C25H31N5O3/c1-25(2,3)33-24(32)28-21(17-19-9-5-4-6-10-19)23(31)30-14-8-13-29(15-16-30)22-20(18-26)11-7-12-27-22/h4-7,9-12,21H,8,13-17H2,1-3H3,(H,28,32). The molecular formula is C25H31N5O3. The molecule has 3 rings (SSSR count). The zero-order valence-corrected chi connectivity index (χ0v) is 19.5. The Balaban J connectivity index is 1.73. The Morgan fingerprint density at radius 1 is 1.12 bits per heavy atom. The summed E-state index contributed by atoms with van der Waals surface area (Å²) in [6, 6.07) is 14.5. The number of anilines is 1. The van der Waals surface area contributed by atoms with Gasteiger partial charge in [-0.05, 0) is 44.9 Å². The van der Waals surface area contributed by atoms with Crippen LogP contribution in [0.5, 0.6) is 0 Å². The van der Waals surface area contributed by atoms with Crippen molar-refractivity contribution in [3.05, 3.63) is 59.8 Å². The van der Waals surface area contributed by atoms with Crippen LogP contribution in [0.3, 0.4) is 0 Å². The van der Waals surface area contributed by atoms with Crippen LogP contribution in [0, 0.1) is 11.3 Å². The summed E-state index contributed by atoms with van der Waals surface area (Å²) in [5.74, 6) is 0.495. The van der Waals surface area contributed by atoms with Gasteiger partial charge in [-0.15, -0.1) is 0 Å².